The van der Waals surface area contributed by atoms with Crippen LogP contribution in [-0.2, 0) is 19.5 Å². The molecule has 19 heavy (non-hydrogen) atoms. The number of hydrogen-bond acceptors (Lipinski definition) is 4. The molecule has 0 spiro atoms. The second kappa shape index (κ2) is 18.0. The molecule has 0 aromatic heterocycles. The number of thiocarbonyl (C=S) groups is 2. The van der Waals surface area contributed by atoms with Gasteiger partial charge in [-0.2, -0.15) is 0 Å². The van der Waals surface area contributed by atoms with E-state index < -0.39 is 5.17 Å². The molecule has 0 aliphatic rings. The van der Waals surface area contributed by atoms with Crippen LogP contribution in [0.2, 0.25) is 0 Å². The standard InChI is InChI=1S/C11H23NOS.CH3NOS.Zn/c1-3-5-7-9-12(11(13)14)10-8-6-4-2;2-1(3)4;/h3-10H2,1-2H3,(H,13,14);(H3,2,3,4);/q;;+2/p-2. The first kappa shape index (κ1) is 24.1. The van der Waals surface area contributed by atoms with Crippen molar-refractivity contribution >= 4 is 34.8 Å². The van der Waals surface area contributed by atoms with Crippen LogP contribution in [0.4, 0.5) is 0 Å². The third-order valence-corrected chi connectivity index (χ3v) is 2.58. The van der Waals surface area contributed by atoms with Crippen LogP contribution in [0.15, 0.2) is 0 Å². The minimum atomic E-state index is -0.750. The molecule has 108 valence electrons. The average molecular weight is 358 g/mol. The van der Waals surface area contributed by atoms with Gasteiger partial charge < -0.3 is 20.8 Å². The molecule has 0 aromatic carbocycles. The predicted octanol–water partition coefficient (Wildman–Crippen LogP) is 0.902. The van der Waals surface area contributed by atoms with Gasteiger partial charge in [-0.25, -0.2) is 0 Å². The number of unbranched alkanes of at least 4 members (excludes halogenated alkanes) is 4. The van der Waals surface area contributed by atoms with Crippen LogP contribution in [0.1, 0.15) is 52.4 Å². The number of nitrogens with two attached hydrogens (primary N) is 1. The Morgan fingerprint density at radius 2 is 1.26 bits per heavy atom. The molecule has 0 rings (SSSR count). The van der Waals surface area contributed by atoms with E-state index in [2.05, 4.69) is 44.0 Å². The Kier molecular flexibility index (Phi) is 22.8. The van der Waals surface area contributed by atoms with E-state index in [1.165, 1.54) is 25.7 Å². The second-order valence-electron chi connectivity index (χ2n) is 3.99. The van der Waals surface area contributed by atoms with Crippen LogP contribution >= 0.6 is 24.4 Å². The zero-order valence-electron chi connectivity index (χ0n) is 12.0. The molecular weight excluding hydrogens is 334 g/mol. The first-order chi connectivity index (χ1) is 8.45. The molecule has 0 atom stereocenters. The molecule has 0 aliphatic heterocycles. The first-order valence-electron chi connectivity index (χ1n) is 6.38. The summed E-state index contributed by atoms with van der Waals surface area (Å²) in [6.45, 7) is 6.02. The summed E-state index contributed by atoms with van der Waals surface area (Å²) in [6, 6.07) is 0. The Labute approximate surface area is 140 Å². The molecule has 2 N–H and O–H groups in total. The van der Waals surface area contributed by atoms with Gasteiger partial charge in [-0.1, -0.05) is 64.0 Å². The van der Waals surface area contributed by atoms with Gasteiger partial charge in [0.15, 0.2) is 0 Å². The van der Waals surface area contributed by atoms with E-state index in [4.69, 9.17) is 5.11 Å². The van der Waals surface area contributed by atoms with Crippen LogP contribution < -0.4 is 15.9 Å². The number of nitrogens with zero attached hydrogens (tertiary/aromatic N) is 1. The molecule has 0 radical (unpaired) electrons. The summed E-state index contributed by atoms with van der Waals surface area (Å²) in [4.78, 5) is 1.81. The predicted molar refractivity (Wildman–Crippen MR) is 80.0 cm³/mol. The molecule has 7 heteroatoms. The summed E-state index contributed by atoms with van der Waals surface area (Å²) in [7, 11) is 0. The zero-order valence-corrected chi connectivity index (χ0v) is 16.6. The summed E-state index contributed by atoms with van der Waals surface area (Å²) in [5.74, 6) is 0. The smallest absolute Gasteiger partial charge is 0.852 e. The summed E-state index contributed by atoms with van der Waals surface area (Å²) in [5, 5.41) is 19.2. The summed E-state index contributed by atoms with van der Waals surface area (Å²) in [5.41, 5.74) is 4.29. The normalized spacial score (nSPS) is 8.74. The van der Waals surface area contributed by atoms with Crippen LogP contribution in [0.25, 0.3) is 0 Å². The summed E-state index contributed by atoms with van der Waals surface area (Å²) >= 11 is 8.45. The SMILES string of the molecule is CCCCCN(CCCCC)C([O-])=S.NC([O-])=S.[Zn+2]. The van der Waals surface area contributed by atoms with Gasteiger partial charge in [0.1, 0.15) is 0 Å². The molecule has 0 amide bonds. The van der Waals surface area contributed by atoms with Crippen LogP contribution in [0, 0.1) is 0 Å². The summed E-state index contributed by atoms with van der Waals surface area (Å²) in [6.07, 6.45) is 6.93. The average Bonchev–Trinajstić information content (AvgIpc) is 2.26. The van der Waals surface area contributed by atoms with E-state index in [0.29, 0.717) is 0 Å². The van der Waals surface area contributed by atoms with Crippen molar-refractivity contribution < 1.29 is 29.7 Å². The van der Waals surface area contributed by atoms with Gasteiger partial charge in [0.2, 0.25) is 0 Å². The first-order valence-corrected chi connectivity index (χ1v) is 7.19. The minimum Gasteiger partial charge on any atom is -0.852 e. The van der Waals surface area contributed by atoms with Gasteiger partial charge in [-0.15, -0.1) is 0 Å². The fourth-order valence-electron chi connectivity index (χ4n) is 1.40. The minimum absolute atomic E-state index is 0. The van der Waals surface area contributed by atoms with Crippen LogP contribution in [0.5, 0.6) is 0 Å². The molecule has 4 nitrogen and oxygen atoms in total. The Balaban J connectivity index is -0.000000448. The molecule has 0 aromatic rings. The molecule has 0 saturated heterocycles. The van der Waals surface area contributed by atoms with Crippen molar-refractivity contribution in [3.63, 3.8) is 0 Å². The summed E-state index contributed by atoms with van der Waals surface area (Å²) < 4.78 is 0. The molecule has 0 unspecified atom stereocenters. The number of rotatable bonds is 8. The maximum Gasteiger partial charge on any atom is 2.00 e. The van der Waals surface area contributed by atoms with E-state index in [9.17, 15) is 5.11 Å². The van der Waals surface area contributed by atoms with E-state index in [0.717, 1.165) is 25.9 Å². The maximum absolute atomic E-state index is 11.1. The van der Waals surface area contributed by atoms with Gasteiger partial charge in [-0.3, -0.25) is 0 Å². The van der Waals surface area contributed by atoms with E-state index in [1.807, 2.05) is 0 Å². The third kappa shape index (κ3) is 23.5. The van der Waals surface area contributed by atoms with Gasteiger partial charge in [0, 0.05) is 23.4 Å². The van der Waals surface area contributed by atoms with Crippen molar-refractivity contribution in [2.75, 3.05) is 13.1 Å². The Morgan fingerprint density at radius 3 is 1.47 bits per heavy atom. The molecule has 0 heterocycles. The van der Waals surface area contributed by atoms with E-state index in [1.54, 1.807) is 4.90 Å². The third-order valence-electron chi connectivity index (χ3n) is 2.32. The Bertz CT molecular complexity index is 218. The molecule has 0 saturated carbocycles. The van der Waals surface area contributed by atoms with Crippen molar-refractivity contribution in [2.24, 2.45) is 5.73 Å². The van der Waals surface area contributed by atoms with Crippen molar-refractivity contribution in [3.8, 4) is 0 Å². The van der Waals surface area contributed by atoms with Gasteiger partial charge >= 0.3 is 19.5 Å². The van der Waals surface area contributed by atoms with Crippen LogP contribution in [-0.4, -0.2) is 28.3 Å². The van der Waals surface area contributed by atoms with Crippen molar-refractivity contribution in [1.82, 2.24) is 4.90 Å². The van der Waals surface area contributed by atoms with Crippen LogP contribution in [0.3, 0.4) is 0 Å². The van der Waals surface area contributed by atoms with Crippen molar-refractivity contribution in [2.45, 2.75) is 52.4 Å². The van der Waals surface area contributed by atoms with Gasteiger partial charge in [0.25, 0.3) is 0 Å². The Morgan fingerprint density at radius 1 is 0.947 bits per heavy atom. The fraction of sp³-hybridized carbons (Fsp3) is 0.833. The zero-order chi connectivity index (χ0) is 14.4. The van der Waals surface area contributed by atoms with Crippen molar-refractivity contribution in [3.05, 3.63) is 0 Å². The largest absolute Gasteiger partial charge is 2.00 e. The van der Waals surface area contributed by atoms with Gasteiger partial charge in [-0.05, 0) is 12.8 Å². The van der Waals surface area contributed by atoms with Crippen molar-refractivity contribution in [1.29, 1.82) is 0 Å². The van der Waals surface area contributed by atoms with E-state index in [-0.39, 0.29) is 24.7 Å². The topological polar surface area (TPSA) is 75.4 Å². The maximum atomic E-state index is 11.1. The Hall–Kier alpha value is 0.00338. The number of hydrogen-bond donors (Lipinski definition) is 1. The quantitative estimate of drug-likeness (QED) is 0.395. The second-order valence-corrected chi connectivity index (χ2v) is 4.74. The fourth-order valence-corrected chi connectivity index (χ4v) is 1.58. The molecular formula is C12H24N2O2S2Zn. The van der Waals surface area contributed by atoms with E-state index >= 15 is 0 Å². The monoisotopic (exact) mass is 356 g/mol. The van der Waals surface area contributed by atoms with Gasteiger partial charge in [0.05, 0.1) is 0 Å². The molecule has 0 fully saturated rings. The molecule has 0 aliphatic carbocycles. The molecule has 0 bridgehead atoms.